The van der Waals surface area contributed by atoms with E-state index in [0.717, 1.165) is 12.6 Å². The fourth-order valence-corrected chi connectivity index (χ4v) is 4.42. The lowest BCUT2D eigenvalue weighted by atomic mass is 10.2. The summed E-state index contributed by atoms with van der Waals surface area (Å²) in [5, 5.41) is 3.67. The van der Waals surface area contributed by atoms with Crippen molar-refractivity contribution in [1.82, 2.24) is 14.6 Å². The highest BCUT2D eigenvalue weighted by Gasteiger charge is 2.33. The first-order valence-corrected chi connectivity index (χ1v) is 8.17. The molecule has 1 aliphatic heterocycles. The molecule has 2 heterocycles. The molecule has 0 saturated carbocycles. The molecule has 1 aliphatic rings. The first kappa shape index (κ1) is 14.4. The van der Waals surface area contributed by atoms with Gasteiger partial charge in [-0.25, -0.2) is 12.8 Å². The highest BCUT2D eigenvalue weighted by Crippen LogP contribution is 2.29. The molecule has 1 saturated heterocycles. The lowest BCUT2D eigenvalue weighted by molar-refractivity contribution is 0.465. The van der Waals surface area contributed by atoms with Crippen LogP contribution in [0.2, 0.25) is 0 Å². The molecule has 0 aliphatic carbocycles. The highest BCUT2D eigenvalue weighted by molar-refractivity contribution is 7.89. The van der Waals surface area contributed by atoms with Crippen LogP contribution in [-0.2, 0) is 10.0 Å². The van der Waals surface area contributed by atoms with Gasteiger partial charge in [0.25, 0.3) is 0 Å². The smallest absolute Gasteiger partial charge is 0.243 e. The van der Waals surface area contributed by atoms with Crippen LogP contribution in [0.25, 0.3) is 10.8 Å². The van der Waals surface area contributed by atoms with Crippen LogP contribution in [0, 0.1) is 5.82 Å². The fraction of sp³-hybridized carbons (Fsp3) is 0.357. The summed E-state index contributed by atoms with van der Waals surface area (Å²) in [7, 11) is -1.90. The van der Waals surface area contributed by atoms with Crippen molar-refractivity contribution in [3.05, 3.63) is 36.4 Å². The standard InChI is InChI=1S/C14H16FN3O2S/c1-16-11-5-6-18(9-11)21(19,20)13-4-2-3-10-7-17-8-12(15)14(10)13/h2-4,7-8,11,16H,5-6,9H2,1H3/t11-/m1/s1. The SMILES string of the molecule is CN[C@@H]1CCN(S(=O)(=O)c2cccc3cncc(F)c23)C1. The number of nitrogens with one attached hydrogen (secondary N) is 1. The van der Waals surface area contributed by atoms with Gasteiger partial charge in [0.15, 0.2) is 5.82 Å². The quantitative estimate of drug-likeness (QED) is 0.930. The van der Waals surface area contributed by atoms with Crippen LogP contribution in [0.15, 0.2) is 35.5 Å². The van der Waals surface area contributed by atoms with E-state index in [1.54, 1.807) is 12.1 Å². The molecule has 0 amide bonds. The van der Waals surface area contributed by atoms with Gasteiger partial charge in [0, 0.05) is 36.1 Å². The molecule has 0 spiro atoms. The van der Waals surface area contributed by atoms with E-state index in [9.17, 15) is 12.8 Å². The molecule has 112 valence electrons. The molecule has 0 unspecified atom stereocenters. The van der Waals surface area contributed by atoms with Crippen LogP contribution in [0.1, 0.15) is 6.42 Å². The molecule has 21 heavy (non-hydrogen) atoms. The largest absolute Gasteiger partial charge is 0.316 e. The highest BCUT2D eigenvalue weighted by atomic mass is 32.2. The normalized spacial score (nSPS) is 20.2. The predicted octanol–water partition coefficient (Wildman–Crippen LogP) is 1.36. The predicted molar refractivity (Wildman–Crippen MR) is 77.9 cm³/mol. The third-order valence-electron chi connectivity index (χ3n) is 3.88. The van der Waals surface area contributed by atoms with Gasteiger partial charge < -0.3 is 5.32 Å². The van der Waals surface area contributed by atoms with Crippen LogP contribution < -0.4 is 5.32 Å². The van der Waals surface area contributed by atoms with Crippen LogP contribution in [0.3, 0.4) is 0 Å². The van der Waals surface area contributed by atoms with Crippen LogP contribution in [0.5, 0.6) is 0 Å². The number of halogens is 1. The Bertz CT molecular complexity index is 774. The first-order valence-electron chi connectivity index (χ1n) is 6.73. The van der Waals surface area contributed by atoms with E-state index >= 15 is 0 Å². The molecule has 1 fully saturated rings. The number of rotatable bonds is 3. The number of aromatic nitrogens is 1. The van der Waals surface area contributed by atoms with Gasteiger partial charge >= 0.3 is 0 Å². The lowest BCUT2D eigenvalue weighted by Crippen LogP contribution is -2.33. The summed E-state index contributed by atoms with van der Waals surface area (Å²) in [6, 6.07) is 4.86. The maximum absolute atomic E-state index is 14.0. The van der Waals surface area contributed by atoms with Gasteiger partial charge in [-0.2, -0.15) is 4.31 Å². The van der Waals surface area contributed by atoms with Gasteiger partial charge in [0.2, 0.25) is 10.0 Å². The second kappa shape index (κ2) is 5.32. The van der Waals surface area contributed by atoms with Crippen molar-refractivity contribution in [3.63, 3.8) is 0 Å². The van der Waals surface area contributed by atoms with Crippen molar-refractivity contribution in [3.8, 4) is 0 Å². The van der Waals surface area contributed by atoms with Gasteiger partial charge in [-0.1, -0.05) is 12.1 Å². The maximum atomic E-state index is 14.0. The number of likely N-dealkylation sites (N-methyl/N-ethyl adjacent to an activating group) is 1. The zero-order chi connectivity index (χ0) is 15.0. The summed E-state index contributed by atoms with van der Waals surface area (Å²) in [6.07, 6.45) is 3.27. The summed E-state index contributed by atoms with van der Waals surface area (Å²) < 4.78 is 41.0. The third-order valence-corrected chi connectivity index (χ3v) is 5.78. The molecule has 7 heteroatoms. The third kappa shape index (κ3) is 2.41. The van der Waals surface area contributed by atoms with Gasteiger partial charge in [-0.3, -0.25) is 4.98 Å². The van der Waals surface area contributed by atoms with E-state index in [-0.39, 0.29) is 16.3 Å². The average Bonchev–Trinajstić information content (AvgIpc) is 2.97. The number of benzene rings is 1. The van der Waals surface area contributed by atoms with Crippen molar-refractivity contribution in [1.29, 1.82) is 0 Å². The molecule has 1 N–H and O–H groups in total. The van der Waals surface area contributed by atoms with Gasteiger partial charge in [0.05, 0.1) is 11.1 Å². The number of fused-ring (bicyclic) bond motifs is 1. The summed E-state index contributed by atoms with van der Waals surface area (Å²) in [5.41, 5.74) is 0. The van der Waals surface area contributed by atoms with Crippen molar-refractivity contribution < 1.29 is 12.8 Å². The first-order chi connectivity index (χ1) is 10.0. The van der Waals surface area contributed by atoms with E-state index in [2.05, 4.69) is 10.3 Å². The minimum Gasteiger partial charge on any atom is -0.316 e. The second-order valence-corrected chi connectivity index (χ2v) is 7.02. The monoisotopic (exact) mass is 309 g/mol. The maximum Gasteiger partial charge on any atom is 0.243 e. The van der Waals surface area contributed by atoms with Crippen molar-refractivity contribution in [2.75, 3.05) is 20.1 Å². The number of sulfonamides is 1. The zero-order valence-corrected chi connectivity index (χ0v) is 12.4. The summed E-state index contributed by atoms with van der Waals surface area (Å²) in [5.74, 6) is -0.615. The summed E-state index contributed by atoms with van der Waals surface area (Å²) in [4.78, 5) is 3.78. The molecule has 3 rings (SSSR count). The van der Waals surface area contributed by atoms with E-state index in [1.165, 1.54) is 16.6 Å². The number of pyridine rings is 1. The molecule has 1 atom stereocenters. The molecule has 1 aromatic heterocycles. The fourth-order valence-electron chi connectivity index (χ4n) is 2.70. The molecule has 5 nitrogen and oxygen atoms in total. The molecule has 2 aromatic rings. The van der Waals surface area contributed by atoms with Crippen molar-refractivity contribution in [2.24, 2.45) is 0 Å². The van der Waals surface area contributed by atoms with E-state index < -0.39 is 15.8 Å². The van der Waals surface area contributed by atoms with Crippen LogP contribution in [-0.4, -0.2) is 43.9 Å². The van der Waals surface area contributed by atoms with E-state index in [4.69, 9.17) is 0 Å². The number of nitrogens with zero attached hydrogens (tertiary/aromatic N) is 2. The molecular formula is C14H16FN3O2S. The molecule has 0 radical (unpaired) electrons. The van der Waals surface area contributed by atoms with Gasteiger partial charge in [-0.15, -0.1) is 0 Å². The minimum absolute atomic E-state index is 0.0108. The Morgan fingerprint density at radius 2 is 2.19 bits per heavy atom. The summed E-state index contributed by atoms with van der Waals surface area (Å²) in [6.45, 7) is 0.846. The van der Waals surface area contributed by atoms with Crippen molar-refractivity contribution >= 4 is 20.8 Å². The number of hydrogen-bond donors (Lipinski definition) is 1. The Kier molecular flexibility index (Phi) is 3.64. The number of hydrogen-bond acceptors (Lipinski definition) is 4. The Labute approximate surface area is 122 Å². The van der Waals surface area contributed by atoms with E-state index in [1.807, 2.05) is 7.05 Å². The zero-order valence-electron chi connectivity index (χ0n) is 11.6. The molecule has 1 aromatic carbocycles. The summed E-state index contributed by atoms with van der Waals surface area (Å²) >= 11 is 0. The topological polar surface area (TPSA) is 62.3 Å². The Hall–Kier alpha value is -1.57. The van der Waals surface area contributed by atoms with Crippen molar-refractivity contribution in [2.45, 2.75) is 17.4 Å². The van der Waals surface area contributed by atoms with Gasteiger partial charge in [-0.05, 0) is 19.5 Å². The molecule has 0 bridgehead atoms. The van der Waals surface area contributed by atoms with Gasteiger partial charge in [0.1, 0.15) is 0 Å². The second-order valence-electron chi connectivity index (χ2n) is 5.11. The average molecular weight is 309 g/mol. The Morgan fingerprint density at radius 3 is 2.90 bits per heavy atom. The van der Waals surface area contributed by atoms with Crippen LogP contribution >= 0.6 is 0 Å². The minimum atomic E-state index is -3.71. The molecular weight excluding hydrogens is 293 g/mol. The van der Waals surface area contributed by atoms with Crippen LogP contribution in [0.4, 0.5) is 4.39 Å². The lowest BCUT2D eigenvalue weighted by Gasteiger charge is -2.18. The Morgan fingerprint density at radius 1 is 1.38 bits per heavy atom. The Balaban J connectivity index is 2.12. The van der Waals surface area contributed by atoms with E-state index in [0.29, 0.717) is 18.5 Å².